The highest BCUT2D eigenvalue weighted by Gasteiger charge is 2.30. The smallest absolute Gasteiger partial charge is 0.293 e. The molecule has 1 aliphatic rings. The van der Waals surface area contributed by atoms with Gasteiger partial charge in [0.1, 0.15) is 0 Å². The Hall–Kier alpha value is -2.15. The molecule has 3 rings (SSSR count). The van der Waals surface area contributed by atoms with Gasteiger partial charge in [-0.25, -0.2) is 4.98 Å². The number of rotatable bonds is 6. The lowest BCUT2D eigenvalue weighted by atomic mass is 9.90. The first kappa shape index (κ1) is 16.7. The molecule has 0 saturated heterocycles. The van der Waals surface area contributed by atoms with Gasteiger partial charge in [-0.2, -0.15) is 0 Å². The summed E-state index contributed by atoms with van der Waals surface area (Å²) in [6.45, 7) is 4.10. The maximum Gasteiger partial charge on any atom is 0.293 e. The highest BCUT2D eigenvalue weighted by molar-refractivity contribution is 7.14. The molecule has 24 heavy (non-hydrogen) atoms. The maximum absolute atomic E-state index is 12.6. The molecule has 2 heterocycles. The molecule has 2 amide bonds. The van der Waals surface area contributed by atoms with Crippen molar-refractivity contribution in [2.24, 2.45) is 0 Å². The molecule has 0 atom stereocenters. The summed E-state index contributed by atoms with van der Waals surface area (Å²) in [6, 6.07) is 3.81. The van der Waals surface area contributed by atoms with Gasteiger partial charge in [0.05, 0.1) is 18.4 Å². The summed E-state index contributed by atoms with van der Waals surface area (Å²) >= 11 is 1.31. The Morgan fingerprint density at radius 2 is 2.25 bits per heavy atom. The third kappa shape index (κ3) is 3.67. The summed E-state index contributed by atoms with van der Waals surface area (Å²) in [5.74, 6) is -0.00629. The van der Waals surface area contributed by atoms with Crippen molar-refractivity contribution >= 4 is 28.3 Å². The zero-order valence-electron chi connectivity index (χ0n) is 13.8. The molecule has 128 valence electrons. The summed E-state index contributed by atoms with van der Waals surface area (Å²) < 4.78 is 5.05. The molecule has 2 aromatic rings. The third-order valence-electron chi connectivity index (χ3n) is 4.16. The lowest BCUT2D eigenvalue weighted by Gasteiger charge is -2.40. The van der Waals surface area contributed by atoms with Crippen LogP contribution in [-0.4, -0.2) is 33.8 Å². The number of nitrogens with one attached hydrogen (secondary N) is 1. The van der Waals surface area contributed by atoms with Gasteiger partial charge in [-0.1, -0.05) is 0 Å². The molecule has 7 heteroatoms. The van der Waals surface area contributed by atoms with Crippen molar-refractivity contribution in [2.45, 2.75) is 51.6 Å². The van der Waals surface area contributed by atoms with E-state index in [1.54, 1.807) is 12.1 Å². The molecule has 1 saturated carbocycles. The first-order valence-electron chi connectivity index (χ1n) is 8.15. The van der Waals surface area contributed by atoms with E-state index in [1.165, 1.54) is 24.0 Å². The summed E-state index contributed by atoms with van der Waals surface area (Å²) in [5, 5.41) is 4.97. The standard InChI is InChI=1S/C17H21N3O3S/c1-11(2)20(13-5-3-6-13)15(21)9-12-10-24-17(18-12)19-16(22)14-7-4-8-23-14/h4,7-8,10-11,13H,3,5-6,9H2,1-2H3,(H,18,19,22). The van der Waals surface area contributed by atoms with Crippen LogP contribution in [0.1, 0.15) is 49.4 Å². The average molecular weight is 347 g/mol. The molecule has 6 nitrogen and oxygen atoms in total. The summed E-state index contributed by atoms with van der Waals surface area (Å²) in [5.41, 5.74) is 0.685. The van der Waals surface area contributed by atoms with E-state index < -0.39 is 0 Å². The molecule has 0 unspecified atom stereocenters. The van der Waals surface area contributed by atoms with Gasteiger partial charge in [0.2, 0.25) is 5.91 Å². The fraction of sp³-hybridized carbons (Fsp3) is 0.471. The van der Waals surface area contributed by atoms with Gasteiger partial charge < -0.3 is 9.32 Å². The average Bonchev–Trinajstić information content (AvgIpc) is 3.13. The second-order valence-electron chi connectivity index (χ2n) is 6.23. The Bertz CT molecular complexity index is 704. The highest BCUT2D eigenvalue weighted by Crippen LogP contribution is 2.27. The minimum atomic E-state index is -0.342. The number of nitrogens with zero attached hydrogens (tertiary/aromatic N) is 2. The molecular formula is C17H21N3O3S. The molecule has 0 aromatic carbocycles. The van der Waals surface area contributed by atoms with Crippen LogP contribution in [0.2, 0.25) is 0 Å². The van der Waals surface area contributed by atoms with Gasteiger partial charge in [0, 0.05) is 17.5 Å². The van der Waals surface area contributed by atoms with Crippen molar-refractivity contribution in [3.05, 3.63) is 35.2 Å². The van der Waals surface area contributed by atoms with Crippen molar-refractivity contribution in [2.75, 3.05) is 5.32 Å². The fourth-order valence-corrected chi connectivity index (χ4v) is 3.54. The number of carbonyl (C=O) groups is 2. The summed E-state index contributed by atoms with van der Waals surface area (Å²) in [6.07, 6.45) is 5.08. The molecule has 1 fully saturated rings. The minimum absolute atomic E-state index is 0.101. The number of amides is 2. The van der Waals surface area contributed by atoms with Crippen molar-refractivity contribution in [3.8, 4) is 0 Å². The van der Waals surface area contributed by atoms with Crippen LogP contribution in [0.25, 0.3) is 0 Å². The van der Waals surface area contributed by atoms with Gasteiger partial charge >= 0.3 is 0 Å². The van der Waals surface area contributed by atoms with Crippen LogP contribution >= 0.6 is 11.3 Å². The first-order chi connectivity index (χ1) is 11.5. The maximum atomic E-state index is 12.6. The van der Waals surface area contributed by atoms with Crippen LogP contribution in [0.3, 0.4) is 0 Å². The largest absolute Gasteiger partial charge is 0.459 e. The number of hydrogen-bond donors (Lipinski definition) is 1. The van der Waals surface area contributed by atoms with E-state index in [4.69, 9.17) is 4.42 Å². The zero-order chi connectivity index (χ0) is 17.1. The van der Waals surface area contributed by atoms with Crippen LogP contribution in [0.5, 0.6) is 0 Å². The molecule has 0 aliphatic heterocycles. The predicted molar refractivity (Wildman–Crippen MR) is 92.1 cm³/mol. The van der Waals surface area contributed by atoms with Crippen LogP contribution in [0.15, 0.2) is 28.2 Å². The Morgan fingerprint density at radius 3 is 2.83 bits per heavy atom. The Labute approximate surface area is 144 Å². The van der Waals surface area contributed by atoms with E-state index in [9.17, 15) is 9.59 Å². The van der Waals surface area contributed by atoms with Crippen LogP contribution in [0.4, 0.5) is 5.13 Å². The van der Waals surface area contributed by atoms with Gasteiger partial charge in [0.25, 0.3) is 5.91 Å². The molecule has 0 radical (unpaired) electrons. The Kier molecular flexibility index (Phi) is 4.99. The number of aromatic nitrogens is 1. The number of anilines is 1. The molecule has 2 aromatic heterocycles. The highest BCUT2D eigenvalue weighted by atomic mass is 32.1. The number of thiazole rings is 1. The van der Waals surface area contributed by atoms with Crippen LogP contribution < -0.4 is 5.32 Å². The van der Waals surface area contributed by atoms with E-state index in [0.29, 0.717) is 16.9 Å². The summed E-state index contributed by atoms with van der Waals surface area (Å²) in [7, 11) is 0. The minimum Gasteiger partial charge on any atom is -0.459 e. The van der Waals surface area contributed by atoms with E-state index in [1.807, 2.05) is 24.1 Å². The molecule has 1 N–H and O–H groups in total. The molecular weight excluding hydrogens is 326 g/mol. The van der Waals surface area contributed by atoms with Crippen molar-refractivity contribution in [1.82, 2.24) is 9.88 Å². The Balaban J connectivity index is 1.60. The van der Waals surface area contributed by atoms with Gasteiger partial charge in [-0.05, 0) is 45.2 Å². The van der Waals surface area contributed by atoms with Crippen LogP contribution in [0, 0.1) is 0 Å². The van der Waals surface area contributed by atoms with Crippen molar-refractivity contribution in [1.29, 1.82) is 0 Å². The second kappa shape index (κ2) is 7.17. The first-order valence-corrected chi connectivity index (χ1v) is 9.03. The molecule has 1 aliphatic carbocycles. The van der Waals surface area contributed by atoms with E-state index in [0.717, 1.165) is 12.8 Å². The van der Waals surface area contributed by atoms with E-state index in [2.05, 4.69) is 10.3 Å². The lowest BCUT2D eigenvalue weighted by molar-refractivity contribution is -0.136. The molecule has 0 spiro atoms. The monoisotopic (exact) mass is 347 g/mol. The Morgan fingerprint density at radius 1 is 1.46 bits per heavy atom. The van der Waals surface area contributed by atoms with Gasteiger partial charge in [-0.15, -0.1) is 11.3 Å². The third-order valence-corrected chi connectivity index (χ3v) is 4.97. The SMILES string of the molecule is CC(C)N(C(=O)Cc1csc(NC(=O)c2ccco2)n1)C1CCC1. The van der Waals surface area contributed by atoms with Crippen LogP contribution in [-0.2, 0) is 11.2 Å². The number of hydrogen-bond acceptors (Lipinski definition) is 5. The zero-order valence-corrected chi connectivity index (χ0v) is 14.6. The fourth-order valence-electron chi connectivity index (χ4n) is 2.84. The predicted octanol–water partition coefficient (Wildman–Crippen LogP) is 3.32. The van der Waals surface area contributed by atoms with E-state index >= 15 is 0 Å². The van der Waals surface area contributed by atoms with Gasteiger partial charge in [0.15, 0.2) is 10.9 Å². The quantitative estimate of drug-likeness (QED) is 0.870. The van der Waals surface area contributed by atoms with E-state index in [-0.39, 0.29) is 30.0 Å². The van der Waals surface area contributed by atoms with Crippen molar-refractivity contribution in [3.63, 3.8) is 0 Å². The lowest BCUT2D eigenvalue weighted by Crippen LogP contribution is -2.48. The van der Waals surface area contributed by atoms with Crippen molar-refractivity contribution < 1.29 is 14.0 Å². The number of furan rings is 1. The normalized spacial score (nSPS) is 14.5. The summed E-state index contributed by atoms with van der Waals surface area (Å²) in [4.78, 5) is 30.8. The topological polar surface area (TPSA) is 75.4 Å². The molecule has 0 bridgehead atoms. The number of carbonyl (C=O) groups excluding carboxylic acids is 2. The second-order valence-corrected chi connectivity index (χ2v) is 7.09. The van der Waals surface area contributed by atoms with Gasteiger partial charge in [-0.3, -0.25) is 14.9 Å².